The minimum Gasteiger partial charge on any atom is -0.300 e. The van der Waals surface area contributed by atoms with E-state index in [1.165, 1.54) is 11.3 Å². The maximum atomic E-state index is 12.5. The van der Waals surface area contributed by atoms with Crippen molar-refractivity contribution in [3.05, 3.63) is 40.9 Å². The second-order valence-electron chi connectivity index (χ2n) is 5.50. The Bertz CT molecular complexity index is 597. The van der Waals surface area contributed by atoms with Crippen LogP contribution in [-0.4, -0.2) is 16.1 Å². The highest BCUT2D eigenvalue weighted by molar-refractivity contribution is 7.15. The van der Waals surface area contributed by atoms with Gasteiger partial charge in [0.25, 0.3) is 0 Å². The Morgan fingerprint density at radius 3 is 2.59 bits per heavy atom. The van der Waals surface area contributed by atoms with Crippen LogP contribution in [0.4, 0.5) is 5.13 Å². The van der Waals surface area contributed by atoms with Crippen molar-refractivity contribution in [2.24, 2.45) is 0 Å². The van der Waals surface area contributed by atoms with Crippen LogP contribution in [0.15, 0.2) is 30.3 Å². The number of anilines is 1. The average Bonchev–Trinajstić information content (AvgIpc) is 2.98. The maximum Gasteiger partial charge on any atom is 0.233 e. The molecule has 0 saturated heterocycles. The van der Waals surface area contributed by atoms with Crippen LogP contribution < -0.4 is 5.32 Å². The van der Waals surface area contributed by atoms with E-state index >= 15 is 0 Å². The molecule has 0 unspecified atom stereocenters. The topological polar surface area (TPSA) is 54.9 Å². The van der Waals surface area contributed by atoms with Crippen molar-refractivity contribution in [2.75, 3.05) is 5.32 Å². The summed E-state index contributed by atoms with van der Waals surface area (Å²) >= 11 is 1.48. The Morgan fingerprint density at radius 1 is 1.23 bits per heavy atom. The molecule has 0 aliphatic carbocycles. The first-order valence-corrected chi connectivity index (χ1v) is 8.66. The molecule has 0 aliphatic heterocycles. The summed E-state index contributed by atoms with van der Waals surface area (Å²) in [5.41, 5.74) is 1.03. The number of carbonyl (C=O) groups is 1. The lowest BCUT2D eigenvalue weighted by Crippen LogP contribution is -2.20. The first-order chi connectivity index (χ1) is 10.7. The van der Waals surface area contributed by atoms with Gasteiger partial charge in [0.1, 0.15) is 5.01 Å². The number of hydrogen-bond acceptors (Lipinski definition) is 4. The summed E-state index contributed by atoms with van der Waals surface area (Å²) in [6.07, 6.45) is 2.96. The van der Waals surface area contributed by atoms with Gasteiger partial charge in [-0.2, -0.15) is 0 Å². The Hall–Kier alpha value is -1.75. The summed E-state index contributed by atoms with van der Waals surface area (Å²) in [6.45, 7) is 6.33. The van der Waals surface area contributed by atoms with Crippen molar-refractivity contribution >= 4 is 22.4 Å². The molecule has 0 radical (unpaired) electrons. The number of aromatic nitrogens is 2. The third kappa shape index (κ3) is 4.13. The molecule has 1 heterocycles. The molecule has 1 N–H and O–H groups in total. The van der Waals surface area contributed by atoms with Crippen LogP contribution in [-0.2, 0) is 4.79 Å². The van der Waals surface area contributed by atoms with Crippen molar-refractivity contribution in [2.45, 2.75) is 51.9 Å². The molecule has 0 aliphatic rings. The van der Waals surface area contributed by atoms with Crippen LogP contribution in [0.1, 0.15) is 62.4 Å². The number of carbonyl (C=O) groups excluding carboxylic acids is 1. The number of nitrogens with zero attached hydrogens (tertiary/aromatic N) is 2. The fraction of sp³-hybridized carbons (Fsp3) is 0.471. The highest BCUT2D eigenvalue weighted by atomic mass is 32.1. The quantitative estimate of drug-likeness (QED) is 0.813. The van der Waals surface area contributed by atoms with Crippen molar-refractivity contribution in [1.29, 1.82) is 0 Å². The van der Waals surface area contributed by atoms with E-state index in [-0.39, 0.29) is 11.8 Å². The fourth-order valence-electron chi connectivity index (χ4n) is 2.49. The minimum absolute atomic E-state index is 0.0143. The molecular weight excluding hydrogens is 294 g/mol. The smallest absolute Gasteiger partial charge is 0.233 e. The molecule has 1 amide bonds. The Balaban J connectivity index is 2.05. The molecule has 2 aromatic rings. The third-order valence-corrected chi connectivity index (χ3v) is 4.81. The van der Waals surface area contributed by atoms with Crippen LogP contribution >= 0.6 is 11.3 Å². The van der Waals surface area contributed by atoms with Crippen LogP contribution in [0.25, 0.3) is 0 Å². The number of hydrogen-bond donors (Lipinski definition) is 1. The summed E-state index contributed by atoms with van der Waals surface area (Å²) in [7, 11) is 0. The van der Waals surface area contributed by atoms with E-state index in [2.05, 4.69) is 29.4 Å². The van der Waals surface area contributed by atoms with E-state index in [1.807, 2.05) is 37.3 Å². The summed E-state index contributed by atoms with van der Waals surface area (Å²) < 4.78 is 0. The monoisotopic (exact) mass is 317 g/mol. The summed E-state index contributed by atoms with van der Waals surface area (Å²) in [5.74, 6) is 0.227. The van der Waals surface area contributed by atoms with E-state index in [4.69, 9.17) is 0 Å². The molecule has 22 heavy (non-hydrogen) atoms. The second kappa shape index (κ2) is 8.03. The zero-order valence-electron chi connectivity index (χ0n) is 13.4. The lowest BCUT2D eigenvalue weighted by molar-refractivity contribution is -0.117. The van der Waals surface area contributed by atoms with Gasteiger partial charge in [-0.05, 0) is 18.4 Å². The largest absolute Gasteiger partial charge is 0.300 e. The molecule has 0 bridgehead atoms. The molecule has 5 heteroatoms. The van der Waals surface area contributed by atoms with Gasteiger partial charge in [0.2, 0.25) is 11.0 Å². The van der Waals surface area contributed by atoms with Gasteiger partial charge in [0.05, 0.1) is 5.92 Å². The third-order valence-electron chi connectivity index (χ3n) is 3.74. The van der Waals surface area contributed by atoms with Gasteiger partial charge >= 0.3 is 0 Å². The predicted molar refractivity (Wildman–Crippen MR) is 91.3 cm³/mol. The maximum absolute atomic E-state index is 12.5. The molecule has 0 spiro atoms. The van der Waals surface area contributed by atoms with Gasteiger partial charge in [-0.15, -0.1) is 10.2 Å². The normalized spacial score (nSPS) is 13.6. The van der Waals surface area contributed by atoms with Crippen LogP contribution in [0.5, 0.6) is 0 Å². The van der Waals surface area contributed by atoms with Crippen LogP contribution in [0, 0.1) is 0 Å². The van der Waals surface area contributed by atoms with Crippen LogP contribution in [0.3, 0.4) is 0 Å². The lowest BCUT2D eigenvalue weighted by Gasteiger charge is -2.13. The molecular formula is C17H23N3OS. The van der Waals surface area contributed by atoms with E-state index in [9.17, 15) is 4.79 Å². The van der Waals surface area contributed by atoms with E-state index in [0.29, 0.717) is 11.0 Å². The van der Waals surface area contributed by atoms with E-state index in [0.717, 1.165) is 29.8 Å². The number of amides is 1. The average molecular weight is 317 g/mol. The van der Waals surface area contributed by atoms with Gasteiger partial charge in [-0.1, -0.05) is 68.9 Å². The second-order valence-corrected chi connectivity index (χ2v) is 6.51. The summed E-state index contributed by atoms with van der Waals surface area (Å²) in [4.78, 5) is 12.5. The van der Waals surface area contributed by atoms with Gasteiger partial charge in [-0.3, -0.25) is 10.1 Å². The SMILES string of the molecule is CCC[C@@H](C)c1nnc(NC(=O)[C@H](CC)c2ccccc2)s1. The molecule has 1 aromatic heterocycles. The van der Waals surface area contributed by atoms with E-state index < -0.39 is 0 Å². The molecule has 118 valence electrons. The summed E-state index contributed by atoms with van der Waals surface area (Å²) in [5, 5.41) is 12.8. The van der Waals surface area contributed by atoms with Gasteiger partial charge in [0, 0.05) is 5.92 Å². The van der Waals surface area contributed by atoms with Crippen molar-refractivity contribution in [3.63, 3.8) is 0 Å². The molecule has 1 aromatic carbocycles. The fourth-order valence-corrected chi connectivity index (χ4v) is 3.32. The Labute approximate surface area is 136 Å². The summed E-state index contributed by atoms with van der Waals surface area (Å²) in [6, 6.07) is 9.85. The van der Waals surface area contributed by atoms with Crippen LogP contribution in [0.2, 0.25) is 0 Å². The number of nitrogens with one attached hydrogen (secondary N) is 1. The van der Waals surface area contributed by atoms with Gasteiger partial charge in [-0.25, -0.2) is 0 Å². The number of benzene rings is 1. The first kappa shape index (κ1) is 16.6. The van der Waals surface area contributed by atoms with Crippen molar-refractivity contribution in [1.82, 2.24) is 10.2 Å². The van der Waals surface area contributed by atoms with Crippen molar-refractivity contribution < 1.29 is 4.79 Å². The minimum atomic E-state index is -0.151. The van der Waals surface area contributed by atoms with Gasteiger partial charge in [0.15, 0.2) is 0 Å². The zero-order valence-corrected chi connectivity index (χ0v) is 14.2. The highest BCUT2D eigenvalue weighted by Gasteiger charge is 2.20. The molecule has 0 saturated carbocycles. The molecule has 0 fully saturated rings. The van der Waals surface area contributed by atoms with Gasteiger partial charge < -0.3 is 0 Å². The zero-order chi connectivity index (χ0) is 15.9. The van der Waals surface area contributed by atoms with Crippen molar-refractivity contribution in [3.8, 4) is 0 Å². The lowest BCUT2D eigenvalue weighted by atomic mass is 9.96. The Kier molecular flexibility index (Phi) is 6.07. The molecule has 2 atom stereocenters. The highest BCUT2D eigenvalue weighted by Crippen LogP contribution is 2.28. The first-order valence-electron chi connectivity index (χ1n) is 7.84. The molecule has 4 nitrogen and oxygen atoms in total. The predicted octanol–water partition coefficient (Wildman–Crippen LogP) is 4.57. The Morgan fingerprint density at radius 2 is 1.95 bits per heavy atom. The number of rotatable bonds is 7. The molecule has 2 rings (SSSR count). The standard InChI is InChI=1S/C17H23N3OS/c1-4-9-12(3)16-19-20-17(22-16)18-15(21)14(5-2)13-10-7-6-8-11-13/h6-8,10-12,14H,4-5,9H2,1-3H3,(H,18,20,21)/t12-,14-/m1/s1. The van der Waals surface area contributed by atoms with E-state index in [1.54, 1.807) is 0 Å².